The van der Waals surface area contributed by atoms with Crippen LogP contribution >= 0.6 is 0 Å². The Balaban J connectivity index is 1.50. The van der Waals surface area contributed by atoms with E-state index in [1.165, 1.54) is 12.0 Å². The van der Waals surface area contributed by atoms with Crippen LogP contribution in [0.3, 0.4) is 0 Å². The molecule has 0 radical (unpaired) electrons. The van der Waals surface area contributed by atoms with Crippen LogP contribution in [0.1, 0.15) is 49.9 Å². The number of aromatic amines is 1. The van der Waals surface area contributed by atoms with Crippen molar-refractivity contribution in [2.75, 3.05) is 13.1 Å². The maximum Gasteiger partial charge on any atom is 0.354 e. The number of H-pyrrole nitrogens is 1. The number of aromatic nitrogens is 3. The molecule has 4 rings (SSSR count). The molecule has 2 atom stereocenters. The highest BCUT2D eigenvalue weighted by Crippen LogP contribution is 2.27. The van der Waals surface area contributed by atoms with Gasteiger partial charge in [-0.1, -0.05) is 24.5 Å². The lowest BCUT2D eigenvalue weighted by atomic mass is 9.92. The predicted octanol–water partition coefficient (Wildman–Crippen LogP) is 1.97. The number of nitrogens with two attached hydrogens (primary N) is 2. The zero-order valence-corrected chi connectivity index (χ0v) is 18.3. The highest BCUT2D eigenvalue weighted by molar-refractivity contribution is 5.77. The van der Waals surface area contributed by atoms with E-state index in [4.69, 9.17) is 11.5 Å². The summed E-state index contributed by atoms with van der Waals surface area (Å²) in [4.78, 5) is 24.1. The van der Waals surface area contributed by atoms with Crippen LogP contribution in [0.2, 0.25) is 0 Å². The molecule has 1 aliphatic heterocycles. The lowest BCUT2D eigenvalue weighted by molar-refractivity contribution is 0.315. The van der Waals surface area contributed by atoms with Crippen LogP contribution < -0.4 is 22.5 Å². The van der Waals surface area contributed by atoms with E-state index < -0.39 is 0 Å². The second-order valence-corrected chi connectivity index (χ2v) is 8.14. The van der Waals surface area contributed by atoms with Gasteiger partial charge in [0.05, 0.1) is 23.8 Å². The van der Waals surface area contributed by atoms with E-state index in [1.54, 1.807) is 10.8 Å². The first kappa shape index (κ1) is 21.8. The molecule has 1 unspecified atom stereocenters. The van der Waals surface area contributed by atoms with Crippen molar-refractivity contribution in [1.82, 2.24) is 19.9 Å². The first-order valence-corrected chi connectivity index (χ1v) is 11.0. The summed E-state index contributed by atoms with van der Waals surface area (Å²) in [5, 5.41) is 4.56. The first-order valence-electron chi connectivity index (χ1n) is 11.0. The maximum absolute atomic E-state index is 12.6. The number of aliphatic imine (C=N–C) groups is 1. The predicted molar refractivity (Wildman–Crippen MR) is 128 cm³/mol. The lowest BCUT2D eigenvalue weighted by Crippen LogP contribution is -2.37. The minimum atomic E-state index is -0.336. The van der Waals surface area contributed by atoms with Crippen LogP contribution in [0.25, 0.3) is 16.7 Å². The van der Waals surface area contributed by atoms with Gasteiger partial charge in [0.25, 0.3) is 0 Å². The average Bonchev–Trinajstić information content (AvgIpc) is 3.19. The monoisotopic (exact) mass is 431 g/mol. The zero-order chi connectivity index (χ0) is 22.5. The van der Waals surface area contributed by atoms with Crippen LogP contribution in [0.5, 0.6) is 0 Å². The van der Waals surface area contributed by atoms with Crippen molar-refractivity contribution in [2.45, 2.75) is 44.7 Å². The van der Waals surface area contributed by atoms with E-state index in [-0.39, 0.29) is 12.2 Å². The number of nitrogens with zero attached hydrogens (tertiary/aromatic N) is 3. The van der Waals surface area contributed by atoms with Gasteiger partial charge in [-0.15, -0.1) is 0 Å². The second-order valence-electron chi connectivity index (χ2n) is 8.14. The Morgan fingerprint density at radius 3 is 2.88 bits per heavy atom. The Bertz CT molecular complexity index is 1220. The third kappa shape index (κ3) is 5.07. The van der Waals surface area contributed by atoms with Gasteiger partial charge in [0.2, 0.25) is 0 Å². The van der Waals surface area contributed by atoms with E-state index in [1.807, 2.05) is 25.1 Å². The lowest BCUT2D eigenvalue weighted by Gasteiger charge is -2.31. The van der Waals surface area contributed by atoms with Crippen LogP contribution in [0.4, 0.5) is 0 Å². The molecule has 3 aromatic rings. The number of nitrogens with one attached hydrogen (secondary N) is 2. The topological polar surface area (TPSA) is 127 Å². The minimum Gasteiger partial charge on any atom is -0.388 e. The fraction of sp³-hybridized carbons (Fsp3) is 0.375. The van der Waals surface area contributed by atoms with Gasteiger partial charge < -0.3 is 21.8 Å². The van der Waals surface area contributed by atoms with Gasteiger partial charge in [0.1, 0.15) is 5.65 Å². The molecule has 0 spiro atoms. The van der Waals surface area contributed by atoms with Crippen molar-refractivity contribution in [1.29, 1.82) is 0 Å². The normalized spacial score (nSPS) is 19.0. The number of rotatable bonds is 5. The van der Waals surface area contributed by atoms with Crippen LogP contribution in [0.15, 0.2) is 46.3 Å². The zero-order valence-electron chi connectivity index (χ0n) is 18.3. The second kappa shape index (κ2) is 9.81. The van der Waals surface area contributed by atoms with E-state index in [0.717, 1.165) is 36.9 Å². The molecule has 8 heteroatoms. The van der Waals surface area contributed by atoms with Gasteiger partial charge in [-0.25, -0.2) is 4.79 Å². The first-order chi connectivity index (χ1) is 15.5. The molecular formula is C24H29N7O. The Morgan fingerprint density at radius 1 is 1.31 bits per heavy atom. The van der Waals surface area contributed by atoms with Crippen molar-refractivity contribution >= 4 is 16.9 Å². The Kier molecular flexibility index (Phi) is 6.69. The summed E-state index contributed by atoms with van der Waals surface area (Å²) in [6.45, 7) is 2.85. The van der Waals surface area contributed by atoms with Crippen molar-refractivity contribution in [2.24, 2.45) is 16.5 Å². The number of benzene rings is 1. The smallest absolute Gasteiger partial charge is 0.354 e. The molecule has 1 aromatic carbocycles. The molecule has 32 heavy (non-hydrogen) atoms. The highest BCUT2D eigenvalue weighted by Gasteiger charge is 2.22. The summed E-state index contributed by atoms with van der Waals surface area (Å²) in [6, 6.07) is 10.7. The molecule has 2 aromatic heterocycles. The standard InChI is InChI=1S/C24H29N7O/c1-16(26)27-13-11-19-4-2-6-22(28-19)17-7-9-21(10-8-17)31-15-18-14-20(5-3-12-25)29-23(18)30-24(31)32/h7-10,14-15,19,22,28H,2,4,6,11-13,25H2,1H3,(H2,26,27)(H,29,30,32)/t19-,22?/m0/s1. The molecule has 3 heterocycles. The molecule has 1 fully saturated rings. The molecular weight excluding hydrogens is 402 g/mol. The highest BCUT2D eigenvalue weighted by atomic mass is 16.1. The maximum atomic E-state index is 12.6. The van der Waals surface area contributed by atoms with Gasteiger partial charge in [-0.05, 0) is 55.9 Å². The summed E-state index contributed by atoms with van der Waals surface area (Å²) in [5.41, 5.74) is 14.0. The Morgan fingerprint density at radius 2 is 2.12 bits per heavy atom. The summed E-state index contributed by atoms with van der Waals surface area (Å²) in [5.74, 6) is 6.37. The van der Waals surface area contributed by atoms with E-state index >= 15 is 0 Å². The minimum absolute atomic E-state index is 0.278. The third-order valence-electron chi connectivity index (χ3n) is 5.73. The van der Waals surface area contributed by atoms with Gasteiger partial charge >= 0.3 is 5.69 Å². The van der Waals surface area contributed by atoms with Crippen molar-refractivity contribution in [3.8, 4) is 17.5 Å². The summed E-state index contributed by atoms with van der Waals surface area (Å²) >= 11 is 0. The summed E-state index contributed by atoms with van der Waals surface area (Å²) < 4.78 is 1.56. The molecule has 1 saturated heterocycles. The number of hydrogen-bond acceptors (Lipinski definition) is 5. The largest absolute Gasteiger partial charge is 0.388 e. The Labute approximate surface area is 187 Å². The van der Waals surface area contributed by atoms with E-state index in [2.05, 4.69) is 44.3 Å². The molecule has 166 valence electrons. The van der Waals surface area contributed by atoms with Crippen molar-refractivity contribution < 1.29 is 0 Å². The van der Waals surface area contributed by atoms with Crippen molar-refractivity contribution in [3.05, 3.63) is 58.3 Å². The molecule has 0 saturated carbocycles. The fourth-order valence-corrected chi connectivity index (χ4v) is 4.17. The number of hydrogen-bond donors (Lipinski definition) is 4. The van der Waals surface area contributed by atoms with Crippen molar-refractivity contribution in [3.63, 3.8) is 0 Å². The Hall–Kier alpha value is -3.41. The number of fused-ring (bicyclic) bond motifs is 1. The van der Waals surface area contributed by atoms with Gasteiger partial charge in [0, 0.05) is 30.2 Å². The van der Waals surface area contributed by atoms with Gasteiger partial charge in [0.15, 0.2) is 0 Å². The van der Waals surface area contributed by atoms with E-state index in [9.17, 15) is 4.79 Å². The third-order valence-corrected chi connectivity index (χ3v) is 5.73. The molecule has 0 aliphatic carbocycles. The quantitative estimate of drug-likeness (QED) is 0.279. The molecule has 8 nitrogen and oxygen atoms in total. The fourth-order valence-electron chi connectivity index (χ4n) is 4.17. The summed E-state index contributed by atoms with van der Waals surface area (Å²) in [7, 11) is 0. The molecule has 1 aliphatic rings. The molecule has 0 amide bonds. The van der Waals surface area contributed by atoms with Crippen LogP contribution in [0, 0.1) is 11.8 Å². The summed E-state index contributed by atoms with van der Waals surface area (Å²) in [6.07, 6.45) is 6.21. The molecule has 6 N–H and O–H groups in total. The van der Waals surface area contributed by atoms with Crippen LogP contribution in [-0.2, 0) is 0 Å². The van der Waals surface area contributed by atoms with Gasteiger partial charge in [-0.2, -0.15) is 4.98 Å². The van der Waals surface area contributed by atoms with Gasteiger partial charge in [-0.3, -0.25) is 9.56 Å². The van der Waals surface area contributed by atoms with E-state index in [0.29, 0.717) is 29.3 Å². The number of piperidine rings is 1. The molecule has 0 bridgehead atoms. The average molecular weight is 432 g/mol. The SMILES string of the molecule is CC(N)=NCC[C@@H]1CCCC(c2ccc(-n3cc4cc(C#CCN)[nH]c4nc3=O)cc2)N1. The number of amidine groups is 1. The van der Waals surface area contributed by atoms with Crippen LogP contribution in [-0.4, -0.2) is 39.5 Å².